The van der Waals surface area contributed by atoms with E-state index in [4.69, 9.17) is 14.2 Å². The van der Waals surface area contributed by atoms with E-state index in [1.165, 1.54) is 7.11 Å². The number of amides is 1. The Morgan fingerprint density at radius 1 is 1.13 bits per heavy atom. The van der Waals surface area contributed by atoms with Gasteiger partial charge < -0.3 is 24.2 Å². The van der Waals surface area contributed by atoms with Crippen molar-refractivity contribution in [1.82, 2.24) is 4.90 Å². The van der Waals surface area contributed by atoms with Crippen LogP contribution in [0.15, 0.2) is 36.4 Å². The van der Waals surface area contributed by atoms with Gasteiger partial charge in [0.1, 0.15) is 23.0 Å². The predicted octanol–water partition coefficient (Wildman–Crippen LogP) is 4.20. The van der Waals surface area contributed by atoms with Crippen LogP contribution in [0.1, 0.15) is 43.2 Å². The van der Waals surface area contributed by atoms with Gasteiger partial charge in [0, 0.05) is 48.7 Å². The molecule has 1 heterocycles. The minimum atomic E-state index is -0.424. The third-order valence-electron chi connectivity index (χ3n) is 5.80. The van der Waals surface area contributed by atoms with Crippen LogP contribution >= 0.6 is 0 Å². The maximum Gasteiger partial charge on any atom is 0.223 e. The Labute approximate surface area is 178 Å². The molecule has 0 saturated carbocycles. The smallest absolute Gasteiger partial charge is 0.223 e. The highest BCUT2D eigenvalue weighted by Gasteiger charge is 2.30. The van der Waals surface area contributed by atoms with E-state index in [0.29, 0.717) is 28.7 Å². The van der Waals surface area contributed by atoms with E-state index < -0.39 is 5.92 Å². The van der Waals surface area contributed by atoms with Gasteiger partial charge >= 0.3 is 0 Å². The molecule has 1 N–H and O–H groups in total. The highest BCUT2D eigenvalue weighted by Crippen LogP contribution is 2.45. The SMILES string of the molecule is COc1cc(O)c(C(CC(=O)N2CCCC(C)C2)c2ccccc2OC)c(OC)c1. The number of methoxy groups -OCH3 is 3. The standard InChI is InChI=1S/C24H31NO5/c1-16-8-7-11-25(15-16)23(27)14-19(18-9-5-6-10-21(18)29-3)24-20(26)12-17(28-2)13-22(24)30-4/h5-6,9-10,12-13,16,19,26H,7-8,11,14-15H2,1-4H3. The molecular weight excluding hydrogens is 382 g/mol. The lowest BCUT2D eigenvalue weighted by Crippen LogP contribution is -2.39. The third-order valence-corrected chi connectivity index (χ3v) is 5.80. The molecule has 0 bridgehead atoms. The largest absolute Gasteiger partial charge is 0.507 e. The van der Waals surface area contributed by atoms with Crippen molar-refractivity contribution in [1.29, 1.82) is 0 Å². The fraction of sp³-hybridized carbons (Fsp3) is 0.458. The molecular formula is C24H31NO5. The van der Waals surface area contributed by atoms with Crippen molar-refractivity contribution in [3.05, 3.63) is 47.5 Å². The molecule has 2 aromatic rings. The summed E-state index contributed by atoms with van der Waals surface area (Å²) >= 11 is 0. The number of phenolic OH excluding ortho intramolecular Hbond substituents is 1. The Kier molecular flexibility index (Phi) is 7.08. The summed E-state index contributed by atoms with van der Waals surface area (Å²) in [7, 11) is 4.69. The topological polar surface area (TPSA) is 68.2 Å². The average Bonchev–Trinajstić information content (AvgIpc) is 2.77. The third kappa shape index (κ3) is 4.64. The second-order valence-corrected chi connectivity index (χ2v) is 7.85. The van der Waals surface area contributed by atoms with Crippen molar-refractivity contribution >= 4 is 5.91 Å². The molecule has 0 aromatic heterocycles. The minimum Gasteiger partial charge on any atom is -0.507 e. The number of ether oxygens (including phenoxy) is 3. The van der Waals surface area contributed by atoms with E-state index in [1.807, 2.05) is 29.2 Å². The van der Waals surface area contributed by atoms with E-state index in [-0.39, 0.29) is 18.1 Å². The molecule has 2 unspecified atom stereocenters. The molecule has 30 heavy (non-hydrogen) atoms. The molecule has 0 aliphatic carbocycles. The molecule has 0 radical (unpaired) electrons. The first-order valence-corrected chi connectivity index (χ1v) is 10.3. The number of rotatable bonds is 7. The first kappa shape index (κ1) is 21.8. The van der Waals surface area contributed by atoms with Crippen LogP contribution in [0.2, 0.25) is 0 Å². The molecule has 0 spiro atoms. The van der Waals surface area contributed by atoms with Crippen molar-refractivity contribution < 1.29 is 24.1 Å². The van der Waals surface area contributed by atoms with Gasteiger partial charge in [-0.2, -0.15) is 0 Å². The van der Waals surface area contributed by atoms with Gasteiger partial charge in [0.2, 0.25) is 5.91 Å². The molecule has 1 aliphatic heterocycles. The van der Waals surface area contributed by atoms with Crippen LogP contribution in [0.5, 0.6) is 23.0 Å². The molecule has 2 atom stereocenters. The van der Waals surface area contributed by atoms with Gasteiger partial charge in [0.25, 0.3) is 0 Å². The molecule has 6 heteroatoms. The summed E-state index contributed by atoms with van der Waals surface area (Å²) in [6.07, 6.45) is 2.37. The van der Waals surface area contributed by atoms with Gasteiger partial charge in [-0.15, -0.1) is 0 Å². The highest BCUT2D eigenvalue weighted by atomic mass is 16.5. The number of hydrogen-bond acceptors (Lipinski definition) is 5. The zero-order chi connectivity index (χ0) is 21.7. The summed E-state index contributed by atoms with van der Waals surface area (Å²) in [5, 5.41) is 10.9. The number of aromatic hydroxyl groups is 1. The van der Waals surface area contributed by atoms with Crippen LogP contribution in [0.25, 0.3) is 0 Å². The number of carbonyl (C=O) groups excluding carboxylic acids is 1. The van der Waals surface area contributed by atoms with Crippen molar-refractivity contribution in [2.24, 2.45) is 5.92 Å². The number of benzene rings is 2. The van der Waals surface area contributed by atoms with Crippen LogP contribution in [-0.4, -0.2) is 50.3 Å². The fourth-order valence-electron chi connectivity index (χ4n) is 4.27. The Morgan fingerprint density at radius 3 is 2.53 bits per heavy atom. The number of nitrogens with zero attached hydrogens (tertiary/aromatic N) is 1. The maximum absolute atomic E-state index is 13.3. The van der Waals surface area contributed by atoms with Gasteiger partial charge in [-0.3, -0.25) is 4.79 Å². The first-order chi connectivity index (χ1) is 14.5. The Morgan fingerprint density at radius 2 is 1.87 bits per heavy atom. The monoisotopic (exact) mass is 413 g/mol. The zero-order valence-corrected chi connectivity index (χ0v) is 18.2. The second-order valence-electron chi connectivity index (χ2n) is 7.85. The molecule has 1 saturated heterocycles. The Bertz CT molecular complexity index is 882. The van der Waals surface area contributed by atoms with E-state index >= 15 is 0 Å². The fourth-order valence-corrected chi connectivity index (χ4v) is 4.27. The van der Waals surface area contributed by atoms with Crippen LogP contribution in [-0.2, 0) is 4.79 Å². The summed E-state index contributed by atoms with van der Waals surface area (Å²) in [5.74, 6) is 1.80. The van der Waals surface area contributed by atoms with Crippen LogP contribution in [0.4, 0.5) is 0 Å². The second kappa shape index (κ2) is 9.74. The molecule has 1 fully saturated rings. The summed E-state index contributed by atoms with van der Waals surface area (Å²) in [6, 6.07) is 10.9. The van der Waals surface area contributed by atoms with E-state index in [1.54, 1.807) is 26.4 Å². The molecule has 162 valence electrons. The Hall–Kier alpha value is -2.89. The highest BCUT2D eigenvalue weighted by molar-refractivity contribution is 5.79. The summed E-state index contributed by atoms with van der Waals surface area (Å²) in [5.41, 5.74) is 1.39. The summed E-state index contributed by atoms with van der Waals surface area (Å²) < 4.78 is 16.4. The number of hydrogen-bond donors (Lipinski definition) is 1. The van der Waals surface area contributed by atoms with Crippen LogP contribution in [0.3, 0.4) is 0 Å². The van der Waals surface area contributed by atoms with Crippen molar-refractivity contribution in [2.75, 3.05) is 34.4 Å². The molecule has 1 amide bonds. The molecule has 2 aromatic carbocycles. The van der Waals surface area contributed by atoms with E-state index in [2.05, 4.69) is 6.92 Å². The van der Waals surface area contributed by atoms with Gasteiger partial charge in [0.15, 0.2) is 0 Å². The number of para-hydroxylation sites is 1. The average molecular weight is 414 g/mol. The van der Waals surface area contributed by atoms with Gasteiger partial charge in [-0.05, 0) is 24.8 Å². The van der Waals surface area contributed by atoms with Crippen molar-refractivity contribution in [2.45, 2.75) is 32.1 Å². The Balaban J connectivity index is 2.06. The van der Waals surface area contributed by atoms with E-state index in [9.17, 15) is 9.90 Å². The van der Waals surface area contributed by atoms with Crippen molar-refractivity contribution in [3.8, 4) is 23.0 Å². The lowest BCUT2D eigenvalue weighted by atomic mass is 9.85. The minimum absolute atomic E-state index is 0.0296. The normalized spacial score (nSPS) is 17.3. The van der Waals surface area contributed by atoms with Gasteiger partial charge in [-0.1, -0.05) is 25.1 Å². The number of piperidine rings is 1. The molecule has 6 nitrogen and oxygen atoms in total. The summed E-state index contributed by atoms with van der Waals surface area (Å²) in [6.45, 7) is 3.71. The van der Waals surface area contributed by atoms with Crippen LogP contribution < -0.4 is 14.2 Å². The lowest BCUT2D eigenvalue weighted by molar-refractivity contribution is -0.133. The van der Waals surface area contributed by atoms with E-state index in [0.717, 1.165) is 31.5 Å². The molecule has 3 rings (SSSR count). The van der Waals surface area contributed by atoms with Crippen molar-refractivity contribution in [3.63, 3.8) is 0 Å². The zero-order valence-electron chi connectivity index (χ0n) is 18.2. The first-order valence-electron chi connectivity index (χ1n) is 10.3. The summed E-state index contributed by atoms with van der Waals surface area (Å²) in [4.78, 5) is 15.2. The lowest BCUT2D eigenvalue weighted by Gasteiger charge is -2.32. The van der Waals surface area contributed by atoms with Gasteiger partial charge in [-0.25, -0.2) is 0 Å². The number of likely N-dealkylation sites (tertiary alicyclic amines) is 1. The number of phenols is 1. The predicted molar refractivity (Wildman–Crippen MR) is 116 cm³/mol. The van der Waals surface area contributed by atoms with Crippen LogP contribution in [0, 0.1) is 5.92 Å². The molecule has 1 aliphatic rings. The quantitative estimate of drug-likeness (QED) is 0.737. The van der Waals surface area contributed by atoms with Gasteiger partial charge in [0.05, 0.1) is 21.3 Å². The number of carbonyl (C=O) groups is 1. The maximum atomic E-state index is 13.3.